The Bertz CT molecular complexity index is 642. The van der Waals surface area contributed by atoms with E-state index in [1.165, 1.54) is 0 Å². The quantitative estimate of drug-likeness (QED) is 0.588. The molecular formula is C14H13IN2O3. The zero-order valence-corrected chi connectivity index (χ0v) is 13.1. The molecule has 2 aliphatic heterocycles. The Balaban J connectivity index is 1.92. The Labute approximate surface area is 129 Å². The van der Waals surface area contributed by atoms with Gasteiger partial charge >= 0.3 is 0 Å². The van der Waals surface area contributed by atoms with Crippen LogP contribution < -0.4 is 5.32 Å². The summed E-state index contributed by atoms with van der Waals surface area (Å²) < 4.78 is 1.07. The number of piperidine rings is 1. The first-order valence-electron chi connectivity index (χ1n) is 6.41. The predicted molar refractivity (Wildman–Crippen MR) is 79.9 cm³/mol. The van der Waals surface area contributed by atoms with Crippen LogP contribution in [0.25, 0.3) is 0 Å². The number of amides is 3. The third kappa shape index (κ3) is 2.02. The molecule has 5 nitrogen and oxygen atoms in total. The van der Waals surface area contributed by atoms with Gasteiger partial charge in [-0.05, 0) is 53.1 Å². The van der Waals surface area contributed by atoms with E-state index in [0.29, 0.717) is 18.5 Å². The maximum absolute atomic E-state index is 12.4. The van der Waals surface area contributed by atoms with Gasteiger partial charge in [-0.2, -0.15) is 0 Å². The number of aryl methyl sites for hydroxylation is 1. The maximum Gasteiger partial charge on any atom is 0.255 e. The van der Waals surface area contributed by atoms with Crippen LogP contribution in [0.3, 0.4) is 0 Å². The monoisotopic (exact) mass is 384 g/mol. The molecule has 2 heterocycles. The van der Waals surface area contributed by atoms with Gasteiger partial charge in [0.15, 0.2) is 0 Å². The van der Waals surface area contributed by atoms with Crippen molar-refractivity contribution in [3.05, 3.63) is 32.4 Å². The van der Waals surface area contributed by atoms with Gasteiger partial charge in [-0.1, -0.05) is 6.07 Å². The van der Waals surface area contributed by atoms with E-state index in [9.17, 15) is 14.4 Å². The molecule has 1 N–H and O–H groups in total. The van der Waals surface area contributed by atoms with Crippen LogP contribution in [0.5, 0.6) is 0 Å². The number of nitrogens with zero attached hydrogens (tertiary/aromatic N) is 1. The number of carbonyl (C=O) groups is 3. The number of rotatable bonds is 1. The van der Waals surface area contributed by atoms with Crippen LogP contribution >= 0.6 is 22.6 Å². The SMILES string of the molecule is Cc1ccc2c(c1I)CN(C1CCC(=O)NC1=O)C2=O. The second-order valence-electron chi connectivity index (χ2n) is 5.12. The summed E-state index contributed by atoms with van der Waals surface area (Å²) in [5.41, 5.74) is 2.78. The topological polar surface area (TPSA) is 66.5 Å². The first-order chi connectivity index (χ1) is 9.49. The van der Waals surface area contributed by atoms with E-state index in [0.717, 1.165) is 14.7 Å². The van der Waals surface area contributed by atoms with E-state index >= 15 is 0 Å². The third-order valence-corrected chi connectivity index (χ3v) is 5.34. The minimum Gasteiger partial charge on any atom is -0.322 e. The smallest absolute Gasteiger partial charge is 0.255 e. The standard InChI is InChI=1S/C14H13IN2O3/c1-7-2-3-8-9(12(7)15)6-17(14(8)20)10-4-5-11(18)16-13(10)19/h2-3,10H,4-6H2,1H3,(H,16,18,19). The first-order valence-corrected chi connectivity index (χ1v) is 7.49. The summed E-state index contributed by atoms with van der Waals surface area (Å²) in [6, 6.07) is 3.21. The summed E-state index contributed by atoms with van der Waals surface area (Å²) in [4.78, 5) is 37.1. The molecule has 0 saturated carbocycles. The summed E-state index contributed by atoms with van der Waals surface area (Å²) in [6.45, 7) is 2.45. The zero-order chi connectivity index (χ0) is 14.4. The highest BCUT2D eigenvalue weighted by Crippen LogP contribution is 2.31. The summed E-state index contributed by atoms with van der Waals surface area (Å²) in [5.74, 6) is -0.748. The van der Waals surface area contributed by atoms with Gasteiger partial charge < -0.3 is 4.90 Å². The molecule has 6 heteroatoms. The van der Waals surface area contributed by atoms with Gasteiger partial charge in [0.2, 0.25) is 11.8 Å². The lowest BCUT2D eigenvalue weighted by atomic mass is 10.0. The minimum absolute atomic E-state index is 0.118. The lowest BCUT2D eigenvalue weighted by Gasteiger charge is -2.29. The Morgan fingerprint density at radius 1 is 1.30 bits per heavy atom. The van der Waals surface area contributed by atoms with Crippen LogP contribution in [0, 0.1) is 10.5 Å². The fourth-order valence-electron chi connectivity index (χ4n) is 2.72. The van der Waals surface area contributed by atoms with Crippen LogP contribution in [0.4, 0.5) is 0 Å². The van der Waals surface area contributed by atoms with Gasteiger partial charge in [0.25, 0.3) is 5.91 Å². The van der Waals surface area contributed by atoms with E-state index < -0.39 is 6.04 Å². The number of hydrogen-bond acceptors (Lipinski definition) is 3. The van der Waals surface area contributed by atoms with Crippen molar-refractivity contribution in [3.8, 4) is 0 Å². The van der Waals surface area contributed by atoms with Crippen molar-refractivity contribution in [3.63, 3.8) is 0 Å². The molecule has 0 aliphatic carbocycles. The Morgan fingerprint density at radius 2 is 2.05 bits per heavy atom. The average molecular weight is 384 g/mol. The fraction of sp³-hybridized carbons (Fsp3) is 0.357. The molecule has 0 aromatic heterocycles. The van der Waals surface area contributed by atoms with Crippen molar-refractivity contribution in [2.45, 2.75) is 32.4 Å². The van der Waals surface area contributed by atoms with Gasteiger partial charge in [0, 0.05) is 22.1 Å². The Morgan fingerprint density at radius 3 is 2.75 bits per heavy atom. The van der Waals surface area contributed by atoms with Crippen LogP contribution in [-0.4, -0.2) is 28.7 Å². The molecule has 1 unspecified atom stereocenters. The summed E-state index contributed by atoms with van der Waals surface area (Å²) in [7, 11) is 0. The zero-order valence-electron chi connectivity index (χ0n) is 10.9. The molecule has 0 spiro atoms. The van der Waals surface area contributed by atoms with Crippen molar-refractivity contribution in [1.29, 1.82) is 0 Å². The van der Waals surface area contributed by atoms with Crippen molar-refractivity contribution < 1.29 is 14.4 Å². The van der Waals surface area contributed by atoms with Gasteiger partial charge in [-0.15, -0.1) is 0 Å². The fourth-order valence-corrected chi connectivity index (χ4v) is 3.36. The maximum atomic E-state index is 12.4. The number of hydrogen-bond donors (Lipinski definition) is 1. The largest absolute Gasteiger partial charge is 0.322 e. The van der Waals surface area contributed by atoms with E-state index in [2.05, 4.69) is 27.9 Å². The number of carbonyl (C=O) groups excluding carboxylic acids is 3. The first kappa shape index (κ1) is 13.5. The summed E-state index contributed by atoms with van der Waals surface area (Å²) >= 11 is 2.24. The third-order valence-electron chi connectivity index (χ3n) is 3.84. The molecule has 1 atom stereocenters. The molecule has 20 heavy (non-hydrogen) atoms. The van der Waals surface area contributed by atoms with Crippen molar-refractivity contribution in [1.82, 2.24) is 10.2 Å². The van der Waals surface area contributed by atoms with Gasteiger partial charge in [0.05, 0.1) is 0 Å². The molecule has 0 radical (unpaired) electrons. The highest BCUT2D eigenvalue weighted by molar-refractivity contribution is 14.1. The van der Waals surface area contributed by atoms with Crippen molar-refractivity contribution in [2.75, 3.05) is 0 Å². The van der Waals surface area contributed by atoms with E-state index in [4.69, 9.17) is 0 Å². The molecule has 104 valence electrons. The molecule has 0 bridgehead atoms. The number of halogens is 1. The van der Waals surface area contributed by atoms with Crippen LogP contribution in [0.1, 0.15) is 34.3 Å². The normalized spacial score (nSPS) is 22.0. The molecule has 1 aromatic rings. The highest BCUT2D eigenvalue weighted by atomic mass is 127. The Hall–Kier alpha value is -1.44. The highest BCUT2D eigenvalue weighted by Gasteiger charge is 2.39. The van der Waals surface area contributed by atoms with Gasteiger partial charge in [-0.3, -0.25) is 19.7 Å². The van der Waals surface area contributed by atoms with Crippen LogP contribution in [0.15, 0.2) is 12.1 Å². The predicted octanol–water partition coefficient (Wildman–Crippen LogP) is 1.36. The number of imide groups is 1. The second-order valence-corrected chi connectivity index (χ2v) is 6.20. The number of fused-ring (bicyclic) bond motifs is 1. The molecule has 1 saturated heterocycles. The van der Waals surface area contributed by atoms with Gasteiger partial charge in [0.1, 0.15) is 6.04 Å². The minimum atomic E-state index is -0.538. The average Bonchev–Trinajstić information content (AvgIpc) is 2.72. The summed E-state index contributed by atoms with van der Waals surface area (Å²) in [6.07, 6.45) is 0.687. The Kier molecular flexibility index (Phi) is 3.27. The van der Waals surface area contributed by atoms with E-state index in [1.807, 2.05) is 19.1 Å². The van der Waals surface area contributed by atoms with E-state index in [-0.39, 0.29) is 24.1 Å². The molecule has 2 aliphatic rings. The number of nitrogens with one attached hydrogen (secondary N) is 1. The van der Waals surface area contributed by atoms with Crippen LogP contribution in [0.2, 0.25) is 0 Å². The van der Waals surface area contributed by atoms with E-state index in [1.54, 1.807) is 4.90 Å². The lowest BCUT2D eigenvalue weighted by molar-refractivity contribution is -0.136. The molecule has 1 fully saturated rings. The van der Waals surface area contributed by atoms with Crippen LogP contribution in [-0.2, 0) is 16.1 Å². The summed E-state index contributed by atoms with van der Waals surface area (Å²) in [5, 5.41) is 2.31. The number of benzene rings is 1. The second kappa shape index (κ2) is 4.83. The lowest BCUT2D eigenvalue weighted by Crippen LogP contribution is -2.52. The molecule has 3 rings (SSSR count). The molecular weight excluding hydrogens is 371 g/mol. The molecule has 3 amide bonds. The molecule has 1 aromatic carbocycles. The van der Waals surface area contributed by atoms with Crippen molar-refractivity contribution >= 4 is 40.3 Å². The van der Waals surface area contributed by atoms with Gasteiger partial charge in [-0.25, -0.2) is 0 Å². The van der Waals surface area contributed by atoms with Crippen molar-refractivity contribution in [2.24, 2.45) is 0 Å².